The minimum absolute atomic E-state index is 0.122. The van der Waals surface area contributed by atoms with Crippen molar-refractivity contribution < 1.29 is 67.6 Å². The SMILES string of the molecule is CCCCCCCCCCCC(=O)OOC(=O)CCCCCCCCCCC.COc1ccc(/C=C/CCC(=O)OOC(=O)CC/C=C/c2ccc(OC)cc2)cc1.Cc1ccc(/C=C/CCC(=O)OOC(=O)CC/C=C/c2ccc(C)cc2)cc1. The van der Waals surface area contributed by atoms with Crippen LogP contribution in [-0.4, -0.2) is 50.0 Å². The first-order chi connectivity index (χ1) is 41.8. The number of ether oxygens (including phenoxy) is 2. The Labute approximate surface area is 513 Å². The Hall–Kier alpha value is -7.74. The summed E-state index contributed by atoms with van der Waals surface area (Å²) in [5.41, 5.74) is 6.55. The highest BCUT2D eigenvalue weighted by Crippen LogP contribution is 2.17. The maximum atomic E-state index is 11.6. The molecule has 0 atom stereocenters. The summed E-state index contributed by atoms with van der Waals surface area (Å²) in [6.45, 7) is 8.53. The van der Waals surface area contributed by atoms with Gasteiger partial charge in [-0.2, -0.15) is 0 Å². The van der Waals surface area contributed by atoms with E-state index in [-0.39, 0.29) is 25.7 Å². The van der Waals surface area contributed by atoms with Gasteiger partial charge in [0, 0.05) is 0 Å². The lowest BCUT2D eigenvalue weighted by atomic mass is 10.1. The Morgan fingerprint density at radius 2 is 0.500 bits per heavy atom. The lowest BCUT2D eigenvalue weighted by Gasteiger charge is -2.04. The van der Waals surface area contributed by atoms with Crippen molar-refractivity contribution in [2.24, 2.45) is 0 Å². The summed E-state index contributed by atoms with van der Waals surface area (Å²) in [7, 11) is 3.23. The summed E-state index contributed by atoms with van der Waals surface area (Å²) in [5.74, 6) is -1.57. The number of benzene rings is 4. The van der Waals surface area contributed by atoms with Crippen LogP contribution in [0.1, 0.15) is 227 Å². The maximum absolute atomic E-state index is 11.6. The van der Waals surface area contributed by atoms with E-state index in [1.54, 1.807) is 14.2 Å². The predicted octanol–water partition coefficient (Wildman–Crippen LogP) is 18.4. The number of methoxy groups -OCH3 is 2. The Morgan fingerprint density at radius 1 is 0.291 bits per heavy atom. The monoisotopic (exact) mass is 1190 g/mol. The number of allylic oxidation sites excluding steroid dienone is 4. The van der Waals surface area contributed by atoms with Crippen LogP contribution in [0.4, 0.5) is 0 Å². The van der Waals surface area contributed by atoms with Crippen molar-refractivity contribution in [2.75, 3.05) is 14.2 Å². The molecule has 0 bridgehead atoms. The molecule has 0 N–H and O–H groups in total. The van der Waals surface area contributed by atoms with E-state index in [0.717, 1.165) is 72.3 Å². The maximum Gasteiger partial charge on any atom is 0.355 e. The van der Waals surface area contributed by atoms with Gasteiger partial charge < -0.3 is 9.47 Å². The van der Waals surface area contributed by atoms with Gasteiger partial charge in [0.15, 0.2) is 0 Å². The van der Waals surface area contributed by atoms with E-state index in [2.05, 4.69) is 43.2 Å². The Morgan fingerprint density at radius 3 is 0.733 bits per heavy atom. The topological polar surface area (TPSA) is 176 Å². The third kappa shape index (κ3) is 42.1. The summed E-state index contributed by atoms with van der Waals surface area (Å²) < 4.78 is 10.2. The molecule has 470 valence electrons. The molecule has 14 heteroatoms. The Balaban J connectivity index is 0.000000441. The number of rotatable bonds is 38. The second kappa shape index (κ2) is 50.6. The van der Waals surface area contributed by atoms with E-state index in [1.165, 1.54) is 88.2 Å². The number of hydrogen-bond acceptors (Lipinski definition) is 14. The van der Waals surface area contributed by atoms with Gasteiger partial charge in [0.1, 0.15) is 11.5 Å². The third-order valence-electron chi connectivity index (χ3n) is 13.3. The summed E-state index contributed by atoms with van der Waals surface area (Å²) in [5, 5.41) is 0. The fraction of sp³-hybridized carbons (Fsp3) is 0.472. The van der Waals surface area contributed by atoms with Crippen LogP contribution in [0.15, 0.2) is 121 Å². The van der Waals surface area contributed by atoms with Crippen LogP contribution < -0.4 is 9.47 Å². The molecular weight excluding hydrogens is 1090 g/mol. The van der Waals surface area contributed by atoms with Gasteiger partial charge in [-0.25, -0.2) is 58.1 Å². The molecule has 4 aromatic rings. The van der Waals surface area contributed by atoms with Crippen LogP contribution in [-0.2, 0) is 58.1 Å². The number of aryl methyl sites for hydroxylation is 2. The molecule has 0 amide bonds. The second-order valence-electron chi connectivity index (χ2n) is 21.0. The molecule has 0 saturated heterocycles. The van der Waals surface area contributed by atoms with Gasteiger partial charge in [0.2, 0.25) is 0 Å². The molecule has 0 spiro atoms. The molecule has 14 nitrogen and oxygen atoms in total. The second-order valence-corrected chi connectivity index (χ2v) is 21.0. The Bertz CT molecular complexity index is 2380. The molecule has 4 aromatic carbocycles. The molecule has 0 aliphatic carbocycles. The van der Waals surface area contributed by atoms with Gasteiger partial charge in [0.25, 0.3) is 0 Å². The zero-order valence-corrected chi connectivity index (χ0v) is 52.4. The van der Waals surface area contributed by atoms with Gasteiger partial charge in [-0.1, -0.05) is 249 Å². The van der Waals surface area contributed by atoms with Gasteiger partial charge >= 0.3 is 35.8 Å². The molecule has 0 radical (unpaired) electrons. The molecule has 0 unspecified atom stereocenters. The quantitative estimate of drug-likeness (QED) is 0.0235. The van der Waals surface area contributed by atoms with Crippen molar-refractivity contribution >= 4 is 60.1 Å². The third-order valence-corrected chi connectivity index (χ3v) is 13.3. The van der Waals surface area contributed by atoms with Crippen LogP contribution in [0.5, 0.6) is 11.5 Å². The summed E-state index contributed by atoms with van der Waals surface area (Å²) in [4.78, 5) is 97.1. The molecular formula is C72H98O14. The van der Waals surface area contributed by atoms with Crippen molar-refractivity contribution in [1.82, 2.24) is 0 Å². The van der Waals surface area contributed by atoms with Crippen molar-refractivity contribution in [3.8, 4) is 11.5 Å². The van der Waals surface area contributed by atoms with Crippen LogP contribution in [0.25, 0.3) is 24.3 Å². The van der Waals surface area contributed by atoms with Crippen molar-refractivity contribution in [3.63, 3.8) is 0 Å². The Kier molecular flexibility index (Phi) is 43.7. The first-order valence-electron chi connectivity index (χ1n) is 31.1. The summed E-state index contributed by atoms with van der Waals surface area (Å²) in [6.07, 6.45) is 40.1. The molecule has 0 aliphatic rings. The standard InChI is InChI=1S/C24H26O6.C24H26O4.C24H46O4/c1-27-21-15-11-19(12-16-21)7-3-5-9-23(25)29-30-24(26)10-6-4-8-20-13-17-22(28-2)18-14-20;1-19-11-15-21(16-12-19)7-3-5-9-23(25)27-28-24(26)10-6-4-8-22-17-13-20(2)14-18-22;1-3-5-7-9-11-13-15-17-19-21-23(25)27-28-24(26)22-20-18-16-14-12-10-8-6-4-2/h3-4,7-8,11-18H,5-6,9-10H2,1-2H3;3-4,7-8,11-18H,5-6,9-10H2,1-2H3;3-22H2,1-2H3/b2*7-3+,8-4+;. The average Bonchev–Trinajstić information content (AvgIpc) is 3.70. The van der Waals surface area contributed by atoms with E-state index in [4.69, 9.17) is 9.47 Å². The fourth-order valence-electron chi connectivity index (χ4n) is 8.16. The van der Waals surface area contributed by atoms with E-state index in [0.29, 0.717) is 38.5 Å². The highest BCUT2D eigenvalue weighted by molar-refractivity contribution is 5.74. The highest BCUT2D eigenvalue weighted by Gasteiger charge is 2.12. The van der Waals surface area contributed by atoms with Crippen molar-refractivity contribution in [1.29, 1.82) is 0 Å². The van der Waals surface area contributed by atoms with Crippen molar-refractivity contribution in [2.45, 2.75) is 207 Å². The van der Waals surface area contributed by atoms with Crippen LogP contribution in [0.2, 0.25) is 0 Å². The number of unbranched alkanes of at least 4 members (excludes halogenated alkanes) is 16. The van der Waals surface area contributed by atoms with Crippen molar-refractivity contribution in [3.05, 3.63) is 155 Å². The van der Waals surface area contributed by atoms with Gasteiger partial charge in [0.05, 0.1) is 52.7 Å². The van der Waals surface area contributed by atoms with Crippen LogP contribution in [0.3, 0.4) is 0 Å². The lowest BCUT2D eigenvalue weighted by molar-refractivity contribution is -0.259. The summed E-state index contributed by atoms with van der Waals surface area (Å²) >= 11 is 0. The molecule has 4 rings (SSSR count). The van der Waals surface area contributed by atoms with E-state index in [9.17, 15) is 28.8 Å². The van der Waals surface area contributed by atoms with Crippen LogP contribution in [0, 0.1) is 13.8 Å². The molecule has 0 aromatic heterocycles. The average molecular weight is 1190 g/mol. The smallest absolute Gasteiger partial charge is 0.355 e. The summed E-state index contributed by atoms with van der Waals surface area (Å²) in [6, 6.07) is 31.3. The zero-order valence-electron chi connectivity index (χ0n) is 52.4. The van der Waals surface area contributed by atoms with E-state index < -0.39 is 35.8 Å². The lowest BCUT2D eigenvalue weighted by Crippen LogP contribution is -2.11. The molecule has 0 fully saturated rings. The number of carbonyl (C=O) groups excluding carboxylic acids is 6. The van der Waals surface area contributed by atoms with E-state index in [1.807, 2.05) is 160 Å². The van der Waals surface area contributed by atoms with E-state index >= 15 is 0 Å². The number of hydrogen-bond donors (Lipinski definition) is 0. The predicted molar refractivity (Wildman–Crippen MR) is 342 cm³/mol. The molecule has 86 heavy (non-hydrogen) atoms. The molecule has 0 heterocycles. The van der Waals surface area contributed by atoms with Crippen LogP contribution >= 0.6 is 0 Å². The minimum Gasteiger partial charge on any atom is -0.497 e. The zero-order chi connectivity index (χ0) is 62.5. The largest absolute Gasteiger partial charge is 0.497 e. The van der Waals surface area contributed by atoms with Gasteiger partial charge in [-0.15, -0.1) is 0 Å². The first-order valence-corrected chi connectivity index (χ1v) is 31.1. The fourth-order valence-corrected chi connectivity index (χ4v) is 8.16. The highest BCUT2D eigenvalue weighted by atomic mass is 17.2. The normalized spacial score (nSPS) is 10.9. The minimum atomic E-state index is -0.587. The number of carbonyl (C=O) groups is 6. The molecule has 0 saturated carbocycles. The first kappa shape index (κ1) is 74.4. The van der Waals surface area contributed by atoms with Gasteiger partial charge in [-0.05, 0) is 98.9 Å². The van der Waals surface area contributed by atoms with Gasteiger partial charge in [-0.3, -0.25) is 0 Å². The molecule has 0 aliphatic heterocycles.